The predicted molar refractivity (Wildman–Crippen MR) is 62.6 cm³/mol. The monoisotopic (exact) mass is 207 g/mol. The fraction of sp³-hybridized carbons (Fsp3) is 0.500. The highest BCUT2D eigenvalue weighted by Gasteiger charge is 2.28. The Labute approximate surface area is 90.1 Å². The lowest BCUT2D eigenvalue weighted by Gasteiger charge is -2.09. The molecule has 0 heterocycles. The van der Waals surface area contributed by atoms with Crippen LogP contribution in [0.2, 0.25) is 0 Å². The Hall–Kier alpha value is -0.470. The van der Waals surface area contributed by atoms with Gasteiger partial charge in [-0.3, -0.25) is 0 Å². The zero-order chi connectivity index (χ0) is 9.97. The van der Waals surface area contributed by atoms with Crippen LogP contribution in [0.4, 0.5) is 0 Å². The van der Waals surface area contributed by atoms with Crippen molar-refractivity contribution >= 4 is 11.8 Å². The summed E-state index contributed by atoms with van der Waals surface area (Å²) in [5, 5.41) is 0. The van der Waals surface area contributed by atoms with E-state index in [9.17, 15) is 0 Å². The second-order valence-electron chi connectivity index (χ2n) is 4.13. The minimum atomic E-state index is 0.404. The van der Waals surface area contributed by atoms with Crippen LogP contribution in [0.15, 0.2) is 29.2 Å². The number of hydrogen-bond donors (Lipinski definition) is 1. The summed E-state index contributed by atoms with van der Waals surface area (Å²) < 4.78 is 0. The van der Waals surface area contributed by atoms with Crippen molar-refractivity contribution in [2.45, 2.75) is 30.7 Å². The average molecular weight is 207 g/mol. The van der Waals surface area contributed by atoms with Crippen molar-refractivity contribution in [3.63, 3.8) is 0 Å². The Morgan fingerprint density at radius 3 is 2.57 bits per heavy atom. The second kappa shape index (κ2) is 4.37. The van der Waals surface area contributed by atoms with Crippen LogP contribution in [-0.2, 0) is 0 Å². The molecule has 1 aliphatic carbocycles. The molecule has 0 bridgehead atoms. The zero-order valence-electron chi connectivity index (χ0n) is 8.57. The molecule has 1 aliphatic rings. The molecule has 0 saturated heterocycles. The number of rotatable bonds is 4. The number of hydrogen-bond acceptors (Lipinski definition) is 2. The summed E-state index contributed by atoms with van der Waals surface area (Å²) in [6.07, 6.45) is 2.69. The molecule has 1 aromatic rings. The van der Waals surface area contributed by atoms with Crippen molar-refractivity contribution in [2.24, 2.45) is 11.7 Å². The molecule has 1 nitrogen and oxygen atoms in total. The van der Waals surface area contributed by atoms with Gasteiger partial charge in [-0.1, -0.05) is 17.7 Å². The lowest BCUT2D eigenvalue weighted by atomic mass is 10.2. The first kappa shape index (κ1) is 10.1. The first-order valence-corrected chi connectivity index (χ1v) is 6.19. The van der Waals surface area contributed by atoms with E-state index in [0.29, 0.717) is 6.04 Å². The van der Waals surface area contributed by atoms with Gasteiger partial charge in [0.15, 0.2) is 0 Å². The van der Waals surface area contributed by atoms with Gasteiger partial charge in [0.2, 0.25) is 0 Å². The molecular weight excluding hydrogens is 190 g/mol. The molecule has 2 heteroatoms. The Kier molecular flexibility index (Phi) is 3.14. The molecule has 1 saturated carbocycles. The van der Waals surface area contributed by atoms with Gasteiger partial charge in [-0.25, -0.2) is 0 Å². The number of aryl methyl sites for hydroxylation is 1. The van der Waals surface area contributed by atoms with Crippen LogP contribution in [-0.4, -0.2) is 11.8 Å². The van der Waals surface area contributed by atoms with Crippen molar-refractivity contribution in [1.29, 1.82) is 0 Å². The normalized spacial score (nSPS) is 18.1. The molecular formula is C12H17NS. The Morgan fingerprint density at radius 2 is 2.00 bits per heavy atom. The van der Waals surface area contributed by atoms with Crippen LogP contribution in [0.5, 0.6) is 0 Å². The summed E-state index contributed by atoms with van der Waals surface area (Å²) >= 11 is 1.88. The molecule has 1 fully saturated rings. The minimum absolute atomic E-state index is 0.404. The molecule has 0 spiro atoms. The van der Waals surface area contributed by atoms with E-state index in [1.807, 2.05) is 11.8 Å². The highest BCUT2D eigenvalue weighted by Crippen LogP contribution is 2.33. The Balaban J connectivity index is 1.82. The summed E-state index contributed by atoms with van der Waals surface area (Å²) in [4.78, 5) is 1.34. The summed E-state index contributed by atoms with van der Waals surface area (Å²) in [5.74, 6) is 1.88. The first-order chi connectivity index (χ1) is 6.75. The average Bonchev–Trinajstić information content (AvgIpc) is 3.00. The van der Waals surface area contributed by atoms with Crippen molar-refractivity contribution in [3.8, 4) is 0 Å². The smallest absolute Gasteiger partial charge is 0.0162 e. The number of nitrogens with two attached hydrogens (primary N) is 1. The van der Waals surface area contributed by atoms with E-state index in [-0.39, 0.29) is 0 Å². The number of thioether (sulfide) groups is 1. The van der Waals surface area contributed by atoms with Crippen LogP contribution in [0.1, 0.15) is 18.4 Å². The molecule has 0 radical (unpaired) electrons. The fourth-order valence-corrected chi connectivity index (χ4v) is 2.47. The van der Waals surface area contributed by atoms with E-state index in [4.69, 9.17) is 5.73 Å². The van der Waals surface area contributed by atoms with Crippen LogP contribution in [0, 0.1) is 12.8 Å². The predicted octanol–water partition coefficient (Wildman–Crippen LogP) is 2.82. The van der Waals surface area contributed by atoms with Crippen molar-refractivity contribution < 1.29 is 0 Å². The molecule has 2 rings (SSSR count). The maximum atomic E-state index is 6.04. The van der Waals surface area contributed by atoms with Crippen LogP contribution >= 0.6 is 11.8 Å². The van der Waals surface area contributed by atoms with Gasteiger partial charge in [0, 0.05) is 16.7 Å². The Bertz CT molecular complexity index is 290. The molecule has 1 atom stereocenters. The van der Waals surface area contributed by atoms with Crippen molar-refractivity contribution in [2.75, 3.05) is 5.75 Å². The van der Waals surface area contributed by atoms with Gasteiger partial charge in [0.05, 0.1) is 0 Å². The van der Waals surface area contributed by atoms with Crippen LogP contribution in [0.25, 0.3) is 0 Å². The summed E-state index contributed by atoms with van der Waals surface area (Å²) in [6.45, 7) is 2.12. The summed E-state index contributed by atoms with van der Waals surface area (Å²) in [7, 11) is 0. The van der Waals surface area contributed by atoms with Crippen molar-refractivity contribution in [1.82, 2.24) is 0 Å². The SMILES string of the molecule is Cc1ccc(SCC(N)C2CC2)cc1. The second-order valence-corrected chi connectivity index (χ2v) is 5.22. The maximum absolute atomic E-state index is 6.04. The topological polar surface area (TPSA) is 26.0 Å². The largest absolute Gasteiger partial charge is 0.327 e. The highest BCUT2D eigenvalue weighted by atomic mass is 32.2. The third-order valence-corrected chi connectivity index (χ3v) is 3.85. The third-order valence-electron chi connectivity index (χ3n) is 2.69. The van der Waals surface area contributed by atoms with Crippen LogP contribution in [0.3, 0.4) is 0 Å². The lowest BCUT2D eigenvalue weighted by Crippen LogP contribution is -2.24. The molecule has 76 valence electrons. The minimum Gasteiger partial charge on any atom is -0.327 e. The molecule has 0 amide bonds. The number of benzene rings is 1. The fourth-order valence-electron chi connectivity index (χ4n) is 1.49. The standard InChI is InChI=1S/C12H17NS/c1-9-2-6-11(7-3-9)14-8-12(13)10-4-5-10/h2-3,6-7,10,12H,4-5,8,13H2,1H3. The molecule has 14 heavy (non-hydrogen) atoms. The molecule has 1 aromatic carbocycles. The first-order valence-electron chi connectivity index (χ1n) is 5.21. The van der Waals surface area contributed by atoms with Gasteiger partial charge in [-0.05, 0) is 37.8 Å². The van der Waals surface area contributed by atoms with Gasteiger partial charge in [0.25, 0.3) is 0 Å². The van der Waals surface area contributed by atoms with E-state index < -0.39 is 0 Å². The third kappa shape index (κ3) is 2.76. The van der Waals surface area contributed by atoms with E-state index in [0.717, 1.165) is 11.7 Å². The molecule has 1 unspecified atom stereocenters. The van der Waals surface area contributed by atoms with Gasteiger partial charge in [-0.15, -0.1) is 11.8 Å². The van der Waals surface area contributed by atoms with Gasteiger partial charge >= 0.3 is 0 Å². The summed E-state index contributed by atoms with van der Waals surface area (Å²) in [6, 6.07) is 9.08. The van der Waals surface area contributed by atoms with E-state index >= 15 is 0 Å². The van der Waals surface area contributed by atoms with Gasteiger partial charge in [0.1, 0.15) is 0 Å². The van der Waals surface area contributed by atoms with E-state index in [2.05, 4.69) is 31.2 Å². The molecule has 0 aliphatic heterocycles. The lowest BCUT2D eigenvalue weighted by molar-refractivity contribution is 0.659. The Morgan fingerprint density at radius 1 is 1.36 bits per heavy atom. The van der Waals surface area contributed by atoms with E-state index in [1.165, 1.54) is 23.3 Å². The zero-order valence-corrected chi connectivity index (χ0v) is 9.39. The maximum Gasteiger partial charge on any atom is 0.0162 e. The summed E-state index contributed by atoms with van der Waals surface area (Å²) in [5.41, 5.74) is 7.36. The van der Waals surface area contributed by atoms with Gasteiger partial charge in [-0.2, -0.15) is 0 Å². The van der Waals surface area contributed by atoms with Gasteiger partial charge < -0.3 is 5.73 Å². The molecule has 0 aromatic heterocycles. The molecule has 2 N–H and O–H groups in total. The highest BCUT2D eigenvalue weighted by molar-refractivity contribution is 7.99. The van der Waals surface area contributed by atoms with Crippen LogP contribution < -0.4 is 5.73 Å². The quantitative estimate of drug-likeness (QED) is 0.768. The van der Waals surface area contributed by atoms with E-state index in [1.54, 1.807) is 0 Å². The van der Waals surface area contributed by atoms with Crippen molar-refractivity contribution in [3.05, 3.63) is 29.8 Å².